The van der Waals surface area contributed by atoms with E-state index in [1.165, 1.54) is 24.9 Å². The Balaban J connectivity index is 2.31. The molecule has 0 fully saturated rings. The van der Waals surface area contributed by atoms with Crippen molar-refractivity contribution in [2.75, 3.05) is 12.8 Å². The third-order valence-corrected chi connectivity index (χ3v) is 3.62. The van der Waals surface area contributed by atoms with Gasteiger partial charge >= 0.3 is 0 Å². The zero-order chi connectivity index (χ0) is 13.1. The molecule has 18 heavy (non-hydrogen) atoms. The van der Waals surface area contributed by atoms with Crippen LogP contribution in [0.4, 0.5) is 10.1 Å². The van der Waals surface area contributed by atoms with E-state index in [2.05, 4.69) is 0 Å². The summed E-state index contributed by atoms with van der Waals surface area (Å²) in [6, 6.07) is 10.0. The molecule has 0 unspecified atom stereocenters. The molecule has 0 aliphatic heterocycles. The van der Waals surface area contributed by atoms with E-state index in [-0.39, 0.29) is 11.5 Å². The highest BCUT2D eigenvalue weighted by Crippen LogP contribution is 2.35. The molecule has 2 N–H and O–H groups in total. The van der Waals surface area contributed by atoms with Crippen molar-refractivity contribution in [1.29, 1.82) is 0 Å². The molecule has 0 heterocycles. The summed E-state index contributed by atoms with van der Waals surface area (Å²) in [4.78, 5) is 1.36. The number of nitrogen functional groups attached to an aromatic ring is 1. The Hall–Kier alpha value is -1.39. The van der Waals surface area contributed by atoms with Crippen molar-refractivity contribution >= 4 is 29.1 Å². The molecule has 0 atom stereocenters. The Bertz CT molecular complexity index is 560. The van der Waals surface area contributed by atoms with E-state index in [9.17, 15) is 4.39 Å². The van der Waals surface area contributed by atoms with Gasteiger partial charge in [-0.15, -0.1) is 0 Å². The standard InChI is InChI=1S/C13H11ClFNOS/c1-17-12-7-13(10(15)6-11(12)16)18-9-4-2-8(14)3-5-9/h2-7H,16H2,1H3. The third kappa shape index (κ3) is 2.89. The number of hydrogen-bond acceptors (Lipinski definition) is 3. The molecule has 94 valence electrons. The Labute approximate surface area is 114 Å². The number of anilines is 1. The number of rotatable bonds is 3. The van der Waals surface area contributed by atoms with Crippen LogP contribution < -0.4 is 10.5 Å². The van der Waals surface area contributed by atoms with Gasteiger partial charge in [0.25, 0.3) is 0 Å². The molecule has 0 amide bonds. The second-order valence-electron chi connectivity index (χ2n) is 3.58. The highest BCUT2D eigenvalue weighted by molar-refractivity contribution is 7.99. The smallest absolute Gasteiger partial charge is 0.143 e. The third-order valence-electron chi connectivity index (χ3n) is 2.33. The van der Waals surface area contributed by atoms with Crippen LogP contribution in [-0.4, -0.2) is 7.11 Å². The van der Waals surface area contributed by atoms with Gasteiger partial charge in [0, 0.05) is 16.0 Å². The fourth-order valence-corrected chi connectivity index (χ4v) is 2.41. The first-order chi connectivity index (χ1) is 8.60. The average Bonchev–Trinajstić information content (AvgIpc) is 2.35. The average molecular weight is 284 g/mol. The van der Waals surface area contributed by atoms with E-state index < -0.39 is 0 Å². The fourth-order valence-electron chi connectivity index (χ4n) is 1.43. The first-order valence-electron chi connectivity index (χ1n) is 5.16. The SMILES string of the molecule is COc1cc(Sc2ccc(Cl)cc2)c(F)cc1N. The van der Waals surface area contributed by atoms with E-state index in [0.29, 0.717) is 15.7 Å². The van der Waals surface area contributed by atoms with Crippen molar-refractivity contribution in [3.8, 4) is 5.75 Å². The minimum atomic E-state index is -0.367. The van der Waals surface area contributed by atoms with Gasteiger partial charge in [-0.2, -0.15) is 0 Å². The maximum atomic E-state index is 13.7. The molecule has 0 saturated heterocycles. The van der Waals surface area contributed by atoms with E-state index >= 15 is 0 Å². The van der Waals surface area contributed by atoms with Gasteiger partial charge in [-0.1, -0.05) is 23.4 Å². The van der Waals surface area contributed by atoms with Crippen LogP contribution in [0.15, 0.2) is 46.2 Å². The molecule has 2 nitrogen and oxygen atoms in total. The Kier molecular flexibility index (Phi) is 3.99. The van der Waals surface area contributed by atoms with Gasteiger partial charge < -0.3 is 10.5 Å². The highest BCUT2D eigenvalue weighted by atomic mass is 35.5. The van der Waals surface area contributed by atoms with E-state index in [1.807, 2.05) is 12.1 Å². The highest BCUT2D eigenvalue weighted by Gasteiger charge is 2.09. The molecule has 0 aliphatic rings. The maximum Gasteiger partial charge on any atom is 0.143 e. The van der Waals surface area contributed by atoms with Crippen LogP contribution in [0.2, 0.25) is 5.02 Å². The number of halogens is 2. The van der Waals surface area contributed by atoms with Gasteiger partial charge in [-0.05, 0) is 30.3 Å². The van der Waals surface area contributed by atoms with Crippen LogP contribution in [0, 0.1) is 5.82 Å². The number of ether oxygens (including phenoxy) is 1. The monoisotopic (exact) mass is 283 g/mol. The molecule has 0 aliphatic carbocycles. The Morgan fingerprint density at radius 1 is 1.22 bits per heavy atom. The van der Waals surface area contributed by atoms with E-state index in [1.54, 1.807) is 18.2 Å². The summed E-state index contributed by atoms with van der Waals surface area (Å²) in [5, 5.41) is 0.648. The molecule has 2 aromatic carbocycles. The van der Waals surface area contributed by atoms with Crippen molar-refractivity contribution in [2.24, 2.45) is 0 Å². The van der Waals surface area contributed by atoms with Gasteiger partial charge in [-0.3, -0.25) is 0 Å². The van der Waals surface area contributed by atoms with Gasteiger partial charge in [0.15, 0.2) is 0 Å². The summed E-state index contributed by atoms with van der Waals surface area (Å²) >= 11 is 7.09. The second kappa shape index (κ2) is 5.50. The number of methoxy groups -OCH3 is 1. The lowest BCUT2D eigenvalue weighted by atomic mass is 10.3. The predicted molar refractivity (Wildman–Crippen MR) is 72.9 cm³/mol. The van der Waals surface area contributed by atoms with Gasteiger partial charge in [0.1, 0.15) is 11.6 Å². The summed E-state index contributed by atoms with van der Waals surface area (Å²) in [5.74, 6) is 0.0983. The quantitative estimate of drug-likeness (QED) is 0.857. The van der Waals surface area contributed by atoms with Crippen LogP contribution in [0.25, 0.3) is 0 Å². The zero-order valence-corrected chi connectivity index (χ0v) is 11.2. The molecule has 0 saturated carbocycles. The molecule has 0 aromatic heterocycles. The van der Waals surface area contributed by atoms with Gasteiger partial charge in [0.2, 0.25) is 0 Å². The first-order valence-corrected chi connectivity index (χ1v) is 6.36. The summed E-state index contributed by atoms with van der Waals surface area (Å²) in [6.07, 6.45) is 0. The van der Waals surface area contributed by atoms with Crippen LogP contribution in [0.5, 0.6) is 5.75 Å². The molecule has 0 bridgehead atoms. The molecule has 5 heteroatoms. The van der Waals surface area contributed by atoms with Crippen molar-refractivity contribution in [3.05, 3.63) is 47.2 Å². The van der Waals surface area contributed by atoms with E-state index in [4.69, 9.17) is 22.1 Å². The largest absolute Gasteiger partial charge is 0.495 e. The van der Waals surface area contributed by atoms with Crippen molar-refractivity contribution in [3.63, 3.8) is 0 Å². The lowest BCUT2D eigenvalue weighted by Crippen LogP contribution is -1.94. The summed E-state index contributed by atoms with van der Waals surface area (Å²) in [7, 11) is 1.50. The molecule has 0 spiro atoms. The molecule has 2 aromatic rings. The normalized spacial score (nSPS) is 10.4. The van der Waals surface area contributed by atoms with Crippen molar-refractivity contribution in [1.82, 2.24) is 0 Å². The number of nitrogens with two attached hydrogens (primary N) is 1. The van der Waals surface area contributed by atoms with E-state index in [0.717, 1.165) is 4.90 Å². The van der Waals surface area contributed by atoms with Crippen LogP contribution in [0.1, 0.15) is 0 Å². The fraction of sp³-hybridized carbons (Fsp3) is 0.0769. The molecular weight excluding hydrogens is 273 g/mol. The molecular formula is C13H11ClFNOS. The van der Waals surface area contributed by atoms with Crippen LogP contribution >= 0.6 is 23.4 Å². The summed E-state index contributed by atoms with van der Waals surface area (Å²) in [6.45, 7) is 0. The number of hydrogen-bond donors (Lipinski definition) is 1. The summed E-state index contributed by atoms with van der Waals surface area (Å²) in [5.41, 5.74) is 5.91. The van der Waals surface area contributed by atoms with Crippen molar-refractivity contribution < 1.29 is 9.13 Å². The van der Waals surface area contributed by atoms with Gasteiger partial charge in [0.05, 0.1) is 17.7 Å². The Morgan fingerprint density at radius 3 is 2.50 bits per heavy atom. The minimum absolute atomic E-state index is 0.287. The second-order valence-corrected chi connectivity index (χ2v) is 5.13. The Morgan fingerprint density at radius 2 is 1.89 bits per heavy atom. The number of benzene rings is 2. The minimum Gasteiger partial charge on any atom is -0.495 e. The molecule has 0 radical (unpaired) electrons. The van der Waals surface area contributed by atoms with Gasteiger partial charge in [-0.25, -0.2) is 4.39 Å². The summed E-state index contributed by atoms with van der Waals surface area (Å²) < 4.78 is 18.8. The lowest BCUT2D eigenvalue weighted by molar-refractivity contribution is 0.414. The maximum absolute atomic E-state index is 13.7. The zero-order valence-electron chi connectivity index (χ0n) is 9.61. The van der Waals surface area contributed by atoms with Crippen LogP contribution in [0.3, 0.4) is 0 Å². The van der Waals surface area contributed by atoms with Crippen LogP contribution in [-0.2, 0) is 0 Å². The molecule has 2 rings (SSSR count). The predicted octanol–water partition coefficient (Wildman–Crippen LogP) is 4.22. The van der Waals surface area contributed by atoms with Crippen molar-refractivity contribution in [2.45, 2.75) is 9.79 Å². The first kappa shape index (κ1) is 13.1. The lowest BCUT2D eigenvalue weighted by Gasteiger charge is -2.08. The topological polar surface area (TPSA) is 35.2 Å².